The zero-order valence-corrected chi connectivity index (χ0v) is 45.3. The molecule has 0 radical (unpaired) electrons. The maximum absolute atomic E-state index is 8.07. The summed E-state index contributed by atoms with van der Waals surface area (Å²) in [6, 6.07) is 79.2. The fourth-order valence-corrected chi connectivity index (χ4v) is 11.5. The molecule has 0 amide bonds. The molecule has 0 saturated carbocycles. The molecule has 0 spiro atoms. The summed E-state index contributed by atoms with van der Waals surface area (Å²) in [6.45, 7) is 13.4. The van der Waals surface area contributed by atoms with Crippen LogP contribution in [0, 0.1) is 0 Å². The molecule has 0 unspecified atom stereocenters. The van der Waals surface area contributed by atoms with Crippen molar-refractivity contribution < 1.29 is 8.83 Å². The first-order chi connectivity index (χ1) is 37.2. The molecule has 2 aromatic heterocycles. The third-order valence-corrected chi connectivity index (χ3v) is 15.6. The highest BCUT2D eigenvalue weighted by atomic mass is 35.5. The van der Waals surface area contributed by atoms with Crippen LogP contribution in [0.1, 0.15) is 52.7 Å². The van der Waals surface area contributed by atoms with Crippen molar-refractivity contribution >= 4 is 140 Å². The lowest BCUT2D eigenvalue weighted by Gasteiger charge is -2.33. The summed E-state index contributed by atoms with van der Waals surface area (Å²) >= 11 is 15.5. The molecule has 0 N–H and O–H groups in total. The van der Waals surface area contributed by atoms with Gasteiger partial charge >= 0.3 is 0 Å². The number of benzene rings is 11. The van der Waals surface area contributed by atoms with Gasteiger partial charge in [0, 0.05) is 72.4 Å². The Morgan fingerprint density at radius 3 is 1.32 bits per heavy atom. The second-order valence-corrected chi connectivity index (χ2v) is 22.9. The van der Waals surface area contributed by atoms with Gasteiger partial charge in [0.15, 0.2) is 0 Å². The summed E-state index contributed by atoms with van der Waals surface area (Å²) in [4.78, 5) is 6.76. The van der Waals surface area contributed by atoms with E-state index in [2.05, 4.69) is 238 Å². The van der Waals surface area contributed by atoms with Gasteiger partial charge in [-0.3, -0.25) is 0 Å². The van der Waals surface area contributed by atoms with Gasteiger partial charge in [-0.25, -0.2) is 0 Å². The van der Waals surface area contributed by atoms with Crippen molar-refractivity contribution in [2.45, 2.75) is 52.4 Å². The number of hydrogen-bond acceptors (Lipinski definition) is 5. The monoisotopic (exact) mass is 1040 g/mol. The predicted molar refractivity (Wildman–Crippen MR) is 327 cm³/mol. The van der Waals surface area contributed by atoms with Gasteiger partial charge in [-0.05, 0) is 153 Å². The van der Waals surface area contributed by atoms with Gasteiger partial charge in [-0.15, -0.1) is 0 Å². The third kappa shape index (κ3) is 8.70. The van der Waals surface area contributed by atoms with Crippen LogP contribution in [0.5, 0.6) is 0 Å². The Morgan fingerprint density at radius 1 is 0.299 bits per heavy atom. The van der Waals surface area contributed by atoms with E-state index in [0.717, 1.165) is 83.7 Å². The van der Waals surface area contributed by atoms with Crippen molar-refractivity contribution in [3.05, 3.63) is 246 Å². The summed E-state index contributed by atoms with van der Waals surface area (Å²) < 4.78 is 12.9. The summed E-state index contributed by atoms with van der Waals surface area (Å²) in [6.07, 6.45) is 0. The number of nitrogens with zero attached hydrogens (tertiary/aromatic N) is 3. The van der Waals surface area contributed by atoms with Crippen LogP contribution in [0.15, 0.2) is 233 Å². The van der Waals surface area contributed by atoms with Gasteiger partial charge < -0.3 is 23.5 Å². The van der Waals surface area contributed by atoms with E-state index in [0.29, 0.717) is 21.4 Å². The van der Waals surface area contributed by atoms with Crippen LogP contribution in [-0.4, -0.2) is 0 Å². The minimum Gasteiger partial charge on any atom is -0.456 e. The van der Waals surface area contributed by atoms with Crippen molar-refractivity contribution in [2.75, 3.05) is 14.7 Å². The quantitative estimate of drug-likeness (QED) is 0.135. The zero-order valence-electron chi connectivity index (χ0n) is 43.8. The van der Waals surface area contributed by atoms with E-state index in [1.807, 2.05) is 42.5 Å². The van der Waals surface area contributed by atoms with Gasteiger partial charge in [0.2, 0.25) is 0 Å². The Hall–Kier alpha value is -8.48. The molecule has 0 bridgehead atoms. The molecule has 13 aromatic rings. The zero-order chi connectivity index (χ0) is 52.7. The van der Waals surface area contributed by atoms with Crippen LogP contribution in [0.2, 0.25) is 10.0 Å². The first-order valence-corrected chi connectivity index (χ1v) is 26.9. The van der Waals surface area contributed by atoms with E-state index in [1.54, 1.807) is 0 Å². The van der Waals surface area contributed by atoms with Crippen molar-refractivity contribution in [1.29, 1.82) is 0 Å². The number of para-hydroxylation sites is 2. The topological polar surface area (TPSA) is 36.0 Å². The molecular formula is C70H55Cl2N3O2. The lowest BCUT2D eigenvalue weighted by atomic mass is 9.87. The van der Waals surface area contributed by atoms with Crippen LogP contribution in [0.3, 0.4) is 0 Å². The minimum absolute atomic E-state index is 0.0480. The number of rotatable bonds is 9. The number of fused-ring (bicyclic) bond motifs is 9. The van der Waals surface area contributed by atoms with Gasteiger partial charge in [-0.1, -0.05) is 174 Å². The fraction of sp³-hybridized carbons (Fsp3) is 0.114. The molecule has 0 aliphatic carbocycles. The first-order valence-electron chi connectivity index (χ1n) is 26.2. The maximum atomic E-state index is 8.07. The Morgan fingerprint density at radius 2 is 0.714 bits per heavy atom. The van der Waals surface area contributed by atoms with Gasteiger partial charge in [-0.2, -0.15) is 0 Å². The number of hydrogen-bond donors (Lipinski definition) is 0. The summed E-state index contributed by atoms with van der Waals surface area (Å²) in [5.41, 5.74) is 13.6. The Bertz CT molecular complexity index is 4410. The van der Waals surface area contributed by atoms with E-state index >= 15 is 0 Å². The van der Waals surface area contributed by atoms with Gasteiger partial charge in [0.25, 0.3) is 0 Å². The van der Waals surface area contributed by atoms with E-state index < -0.39 is 0 Å². The highest BCUT2D eigenvalue weighted by molar-refractivity contribution is 6.38. The first kappa shape index (κ1) is 48.2. The molecular weight excluding hydrogens is 986 g/mol. The molecule has 11 aromatic carbocycles. The summed E-state index contributed by atoms with van der Waals surface area (Å²) in [5.74, 6) is 0. The van der Waals surface area contributed by atoms with Gasteiger partial charge in [0.05, 0.1) is 16.4 Å². The van der Waals surface area contributed by atoms with Crippen molar-refractivity contribution in [1.82, 2.24) is 0 Å². The average Bonchev–Trinajstić information content (AvgIpc) is 4.04. The van der Waals surface area contributed by atoms with Crippen LogP contribution < -0.4 is 14.7 Å². The molecule has 77 heavy (non-hydrogen) atoms. The molecule has 376 valence electrons. The molecule has 7 heteroatoms. The second kappa shape index (κ2) is 18.7. The Labute approximate surface area is 458 Å². The smallest absolute Gasteiger partial charge is 0.137 e. The molecule has 13 rings (SSSR count). The molecule has 0 aliphatic heterocycles. The molecule has 5 nitrogen and oxygen atoms in total. The molecule has 0 fully saturated rings. The number of halogens is 2. The number of furan rings is 2. The predicted octanol–water partition coefficient (Wildman–Crippen LogP) is 22.1. The largest absolute Gasteiger partial charge is 0.456 e. The SMILES string of the molecule is CC(C)(C)c1ccc(N(c2cccc(N(c3ccc4ccc5ccccc5c4c3)c3ccc4oc5ccccc5c4c3)c2)c2cc(Cl)cc(N(c3ccc(C(C)(C)C)cc3)c3ccc4c(c3)oc3ccccc34)c2Cl)cc1. The average molecular weight is 1040 g/mol. The van der Waals surface area contributed by atoms with Gasteiger partial charge in [0.1, 0.15) is 22.3 Å². The normalized spacial score (nSPS) is 12.2. The van der Waals surface area contributed by atoms with Crippen molar-refractivity contribution in [3.8, 4) is 0 Å². The third-order valence-electron chi connectivity index (χ3n) is 15.0. The summed E-state index contributed by atoms with van der Waals surface area (Å²) in [5, 5.41) is 9.99. The standard InChI is InChI=1S/C70H55Cl2N3O2/c1-69(2,3)46-25-30-49(31-26-46)74(62-38-48(71)39-63(68(62)72)75(50-32-27-47(28-33-50)70(4,5)6)55-34-36-59-57-18-9-11-20-64(57)77-67(59)43-55)52-16-13-15-51(40-52)73(54-35-37-66-61(42-54)58-19-10-12-21-65(58)76-66)53-29-24-45-23-22-44-14-7-8-17-56(44)60(45)41-53/h7-43H,1-6H3. The Balaban J connectivity index is 1.02. The van der Waals surface area contributed by atoms with E-state index in [9.17, 15) is 0 Å². The van der Waals surface area contributed by atoms with Crippen molar-refractivity contribution in [3.63, 3.8) is 0 Å². The number of anilines is 9. The molecule has 2 heterocycles. The molecule has 0 aliphatic rings. The van der Waals surface area contributed by atoms with Crippen LogP contribution in [0.4, 0.5) is 51.2 Å². The van der Waals surface area contributed by atoms with Crippen LogP contribution in [-0.2, 0) is 10.8 Å². The minimum atomic E-state index is -0.0682. The maximum Gasteiger partial charge on any atom is 0.137 e. The van der Waals surface area contributed by atoms with Crippen LogP contribution in [0.25, 0.3) is 65.4 Å². The van der Waals surface area contributed by atoms with E-state index in [-0.39, 0.29) is 10.8 Å². The summed E-state index contributed by atoms with van der Waals surface area (Å²) in [7, 11) is 0. The molecule has 0 saturated heterocycles. The van der Waals surface area contributed by atoms with E-state index in [1.165, 1.54) is 32.7 Å². The van der Waals surface area contributed by atoms with Crippen molar-refractivity contribution in [2.24, 2.45) is 0 Å². The lowest BCUT2D eigenvalue weighted by molar-refractivity contribution is 0.590. The Kier molecular flexibility index (Phi) is 11.7. The van der Waals surface area contributed by atoms with E-state index in [4.69, 9.17) is 32.0 Å². The molecule has 0 atom stereocenters. The van der Waals surface area contributed by atoms with Crippen LogP contribution >= 0.6 is 23.2 Å². The highest BCUT2D eigenvalue weighted by Gasteiger charge is 2.27. The fourth-order valence-electron chi connectivity index (χ4n) is 11.0. The second-order valence-electron chi connectivity index (χ2n) is 22.1. The highest BCUT2D eigenvalue weighted by Crippen LogP contribution is 2.51. The lowest BCUT2D eigenvalue weighted by Crippen LogP contribution is -2.16.